The van der Waals surface area contributed by atoms with Crippen LogP contribution in [0.1, 0.15) is 33.6 Å². The fourth-order valence-corrected chi connectivity index (χ4v) is 3.70. The Labute approximate surface area is 114 Å². The normalized spacial score (nSPS) is 13.3. The third kappa shape index (κ3) is 8.17. The van der Waals surface area contributed by atoms with Gasteiger partial charge >= 0.3 is 5.97 Å². The van der Waals surface area contributed by atoms with Crippen LogP contribution in [0.25, 0.3) is 0 Å². The van der Waals surface area contributed by atoms with E-state index in [0.717, 1.165) is 6.26 Å². The molecule has 7 nitrogen and oxygen atoms in total. The van der Waals surface area contributed by atoms with Crippen LogP contribution >= 0.6 is 0 Å². The SMILES string of the molecule is CCC(C)(C)C(=O)OCCCS(=O)(=O)NS(C)(=O)=O. The first-order valence-corrected chi connectivity index (χ1v) is 9.32. The largest absolute Gasteiger partial charge is 0.465 e. The lowest BCUT2D eigenvalue weighted by Crippen LogP contribution is -2.32. The highest BCUT2D eigenvalue weighted by Gasteiger charge is 2.27. The van der Waals surface area contributed by atoms with Crippen molar-refractivity contribution in [2.24, 2.45) is 5.41 Å². The van der Waals surface area contributed by atoms with E-state index in [2.05, 4.69) is 0 Å². The molecule has 0 saturated heterocycles. The summed E-state index contributed by atoms with van der Waals surface area (Å²) in [6.45, 7) is 5.25. The zero-order valence-corrected chi connectivity index (χ0v) is 13.2. The predicted octanol–water partition coefficient (Wildman–Crippen LogP) is 0.235. The van der Waals surface area contributed by atoms with Crippen molar-refractivity contribution < 1.29 is 26.4 Å². The van der Waals surface area contributed by atoms with Gasteiger partial charge in [0, 0.05) is 0 Å². The number of hydrogen-bond donors (Lipinski definition) is 1. The minimum atomic E-state index is -3.91. The van der Waals surface area contributed by atoms with Crippen LogP contribution in [-0.2, 0) is 29.6 Å². The lowest BCUT2D eigenvalue weighted by atomic mass is 9.91. The molecule has 0 unspecified atom stereocenters. The van der Waals surface area contributed by atoms with E-state index in [1.54, 1.807) is 13.8 Å². The first-order valence-electron chi connectivity index (χ1n) is 5.78. The molecule has 0 radical (unpaired) electrons. The second-order valence-electron chi connectivity index (χ2n) is 4.90. The maximum absolute atomic E-state index is 11.6. The predicted molar refractivity (Wildman–Crippen MR) is 71.4 cm³/mol. The van der Waals surface area contributed by atoms with Crippen molar-refractivity contribution in [3.63, 3.8) is 0 Å². The van der Waals surface area contributed by atoms with E-state index in [-0.39, 0.29) is 13.0 Å². The van der Waals surface area contributed by atoms with Gasteiger partial charge in [0.25, 0.3) is 0 Å². The summed E-state index contributed by atoms with van der Waals surface area (Å²) in [5.74, 6) is -0.816. The Kier molecular flexibility index (Phi) is 6.43. The van der Waals surface area contributed by atoms with E-state index in [1.807, 2.05) is 6.92 Å². The summed E-state index contributed by atoms with van der Waals surface area (Å²) in [6.07, 6.45) is 1.41. The van der Waals surface area contributed by atoms with Gasteiger partial charge in [0.15, 0.2) is 0 Å². The summed E-state index contributed by atoms with van der Waals surface area (Å²) in [7, 11) is -7.72. The number of carbonyl (C=O) groups excluding carboxylic acids is 1. The molecule has 0 amide bonds. The van der Waals surface area contributed by atoms with Gasteiger partial charge < -0.3 is 4.74 Å². The number of carbonyl (C=O) groups is 1. The van der Waals surface area contributed by atoms with E-state index in [0.29, 0.717) is 6.42 Å². The van der Waals surface area contributed by atoms with Gasteiger partial charge in [0.1, 0.15) is 0 Å². The van der Waals surface area contributed by atoms with E-state index >= 15 is 0 Å². The number of sulfonamides is 2. The van der Waals surface area contributed by atoms with Crippen molar-refractivity contribution in [2.75, 3.05) is 18.6 Å². The lowest BCUT2D eigenvalue weighted by Gasteiger charge is -2.20. The van der Waals surface area contributed by atoms with Crippen molar-refractivity contribution in [1.29, 1.82) is 0 Å². The van der Waals surface area contributed by atoms with Gasteiger partial charge in [-0.25, -0.2) is 16.8 Å². The molecule has 19 heavy (non-hydrogen) atoms. The van der Waals surface area contributed by atoms with Gasteiger partial charge in [-0.15, -0.1) is 4.13 Å². The maximum Gasteiger partial charge on any atom is 0.311 e. The highest BCUT2D eigenvalue weighted by atomic mass is 32.3. The molecular formula is C10H21NO6S2. The fourth-order valence-electron chi connectivity index (χ4n) is 1.03. The monoisotopic (exact) mass is 315 g/mol. The molecule has 0 aromatic rings. The summed E-state index contributed by atoms with van der Waals surface area (Å²) in [6, 6.07) is 0. The summed E-state index contributed by atoms with van der Waals surface area (Å²) in [5.41, 5.74) is -0.607. The molecule has 0 aliphatic rings. The van der Waals surface area contributed by atoms with Gasteiger partial charge in [-0.05, 0) is 26.7 Å². The molecule has 0 bridgehead atoms. The van der Waals surface area contributed by atoms with Gasteiger partial charge in [0.05, 0.1) is 24.0 Å². The molecule has 114 valence electrons. The van der Waals surface area contributed by atoms with Crippen LogP contribution < -0.4 is 4.13 Å². The molecule has 0 spiro atoms. The minimum Gasteiger partial charge on any atom is -0.465 e. The van der Waals surface area contributed by atoms with Crippen LogP contribution in [0, 0.1) is 5.41 Å². The van der Waals surface area contributed by atoms with Gasteiger partial charge in [-0.2, -0.15) is 0 Å². The Balaban J connectivity index is 4.17. The summed E-state index contributed by atoms with van der Waals surface area (Å²) in [5, 5.41) is 0. The first-order chi connectivity index (χ1) is 8.40. The van der Waals surface area contributed by atoms with E-state index in [9.17, 15) is 21.6 Å². The van der Waals surface area contributed by atoms with E-state index in [1.165, 1.54) is 4.13 Å². The van der Waals surface area contributed by atoms with Crippen LogP contribution in [0.15, 0.2) is 0 Å². The Morgan fingerprint density at radius 1 is 1.21 bits per heavy atom. The average Bonchev–Trinajstić information content (AvgIpc) is 2.20. The molecular weight excluding hydrogens is 294 g/mol. The highest BCUT2D eigenvalue weighted by molar-refractivity contribution is 8.04. The molecule has 1 N–H and O–H groups in total. The first kappa shape index (κ1) is 18.3. The van der Waals surface area contributed by atoms with Crippen molar-refractivity contribution in [1.82, 2.24) is 4.13 Å². The number of rotatable bonds is 8. The second-order valence-corrected chi connectivity index (χ2v) is 8.75. The van der Waals surface area contributed by atoms with E-state index < -0.39 is 37.2 Å². The number of hydrogen-bond acceptors (Lipinski definition) is 6. The Hall–Kier alpha value is -0.670. The topological polar surface area (TPSA) is 107 Å². The Morgan fingerprint density at radius 3 is 2.16 bits per heavy atom. The van der Waals surface area contributed by atoms with Gasteiger partial charge in [-0.1, -0.05) is 6.92 Å². The third-order valence-electron chi connectivity index (χ3n) is 2.51. The molecule has 0 aromatic heterocycles. The number of esters is 1. The fraction of sp³-hybridized carbons (Fsp3) is 0.900. The van der Waals surface area contributed by atoms with Crippen LogP contribution in [0.4, 0.5) is 0 Å². The summed E-state index contributed by atoms with van der Waals surface area (Å²) in [4.78, 5) is 11.6. The van der Waals surface area contributed by atoms with E-state index in [4.69, 9.17) is 4.74 Å². The average molecular weight is 315 g/mol. The molecule has 0 fully saturated rings. The summed E-state index contributed by atoms with van der Waals surface area (Å²) < 4.78 is 50.7. The molecule has 9 heteroatoms. The van der Waals surface area contributed by atoms with Crippen molar-refractivity contribution >= 4 is 26.0 Å². The molecule has 0 aliphatic carbocycles. The molecule has 0 atom stereocenters. The van der Waals surface area contributed by atoms with Crippen molar-refractivity contribution in [3.05, 3.63) is 0 Å². The van der Waals surface area contributed by atoms with Crippen molar-refractivity contribution in [2.45, 2.75) is 33.6 Å². The van der Waals surface area contributed by atoms with Gasteiger partial charge in [-0.3, -0.25) is 4.79 Å². The van der Waals surface area contributed by atoms with Crippen LogP contribution in [-0.4, -0.2) is 41.4 Å². The maximum atomic E-state index is 11.6. The number of ether oxygens (including phenoxy) is 1. The Bertz CT molecular complexity index is 506. The van der Waals surface area contributed by atoms with Crippen molar-refractivity contribution in [3.8, 4) is 0 Å². The zero-order valence-electron chi connectivity index (χ0n) is 11.6. The molecule has 0 aliphatic heterocycles. The number of nitrogens with one attached hydrogen (secondary N) is 1. The minimum absolute atomic E-state index is 0.0381. The lowest BCUT2D eigenvalue weighted by molar-refractivity contribution is -0.154. The molecule has 0 rings (SSSR count). The quantitative estimate of drug-likeness (QED) is 0.508. The molecule has 0 aromatic carbocycles. The highest BCUT2D eigenvalue weighted by Crippen LogP contribution is 2.21. The standard InChI is InChI=1S/C10H21NO6S2/c1-5-10(2,3)9(12)17-7-6-8-19(15,16)11-18(4,13)14/h11H,5-8H2,1-4H3. The van der Waals surface area contributed by atoms with Crippen LogP contribution in [0.3, 0.4) is 0 Å². The third-order valence-corrected chi connectivity index (χ3v) is 5.56. The van der Waals surface area contributed by atoms with Crippen LogP contribution in [0.5, 0.6) is 0 Å². The molecule has 0 heterocycles. The zero-order chi connectivity index (χ0) is 15.3. The summed E-state index contributed by atoms with van der Waals surface area (Å²) >= 11 is 0. The smallest absolute Gasteiger partial charge is 0.311 e. The Morgan fingerprint density at radius 2 is 1.74 bits per heavy atom. The van der Waals surface area contributed by atoms with Gasteiger partial charge in [0.2, 0.25) is 20.0 Å². The molecule has 0 saturated carbocycles. The van der Waals surface area contributed by atoms with Crippen LogP contribution in [0.2, 0.25) is 0 Å². The second kappa shape index (κ2) is 6.67.